The number of ether oxygens (including phenoxy) is 1. The lowest BCUT2D eigenvalue weighted by Crippen LogP contribution is -2.40. The van der Waals surface area contributed by atoms with Crippen LogP contribution in [0, 0.1) is 5.92 Å². The molecule has 0 aromatic carbocycles. The largest absolute Gasteiger partial charge is 0.379 e. The van der Waals surface area contributed by atoms with E-state index in [9.17, 15) is 0 Å². The molecule has 1 saturated carbocycles. The fraction of sp³-hybridized carbons (Fsp3) is 0.733. The van der Waals surface area contributed by atoms with Gasteiger partial charge in [0.15, 0.2) is 5.96 Å². The number of rotatable bonds is 9. The molecule has 1 N–H and O–H groups in total. The number of hydrogen-bond donors (Lipinski definition) is 1. The van der Waals surface area contributed by atoms with Gasteiger partial charge in [0.1, 0.15) is 0 Å². The summed E-state index contributed by atoms with van der Waals surface area (Å²) in [5.41, 5.74) is 0. The van der Waals surface area contributed by atoms with Crippen molar-refractivity contribution in [2.24, 2.45) is 10.9 Å². The molecule has 0 unspecified atom stereocenters. The van der Waals surface area contributed by atoms with Crippen molar-refractivity contribution < 1.29 is 4.74 Å². The van der Waals surface area contributed by atoms with Crippen molar-refractivity contribution in [3.05, 3.63) is 18.5 Å². The number of aliphatic imine (C=N–C) groups is 1. The number of nitrogens with zero attached hydrogens (tertiary/aromatic N) is 4. The van der Waals surface area contributed by atoms with E-state index in [0.717, 1.165) is 51.3 Å². The van der Waals surface area contributed by atoms with Crippen LogP contribution in [0.5, 0.6) is 0 Å². The lowest BCUT2D eigenvalue weighted by molar-refractivity contribution is 0.115. The first-order chi connectivity index (χ1) is 10.3. The van der Waals surface area contributed by atoms with Crippen molar-refractivity contribution in [2.75, 3.05) is 39.9 Å². The SMILES string of the molecule is CCNC(=NCCn1cccn1)N(C)CCOCC1CC1.I. The van der Waals surface area contributed by atoms with E-state index in [0.29, 0.717) is 0 Å². The Kier molecular flexibility index (Phi) is 9.45. The van der Waals surface area contributed by atoms with Gasteiger partial charge in [-0.2, -0.15) is 5.10 Å². The molecule has 0 bridgehead atoms. The quantitative estimate of drug-likeness (QED) is 0.286. The zero-order valence-corrected chi connectivity index (χ0v) is 15.9. The highest BCUT2D eigenvalue weighted by atomic mass is 127. The van der Waals surface area contributed by atoms with E-state index in [-0.39, 0.29) is 24.0 Å². The van der Waals surface area contributed by atoms with Crippen molar-refractivity contribution in [2.45, 2.75) is 26.3 Å². The Balaban J connectivity index is 0.00000242. The number of likely N-dealkylation sites (N-methyl/N-ethyl adjacent to an activating group) is 1. The molecule has 0 atom stereocenters. The first-order valence-corrected chi connectivity index (χ1v) is 7.84. The summed E-state index contributed by atoms with van der Waals surface area (Å²) in [5.74, 6) is 1.76. The minimum Gasteiger partial charge on any atom is -0.379 e. The minimum absolute atomic E-state index is 0. The molecular formula is C15H28IN5O. The van der Waals surface area contributed by atoms with Gasteiger partial charge in [-0.15, -0.1) is 24.0 Å². The molecule has 0 amide bonds. The fourth-order valence-corrected chi connectivity index (χ4v) is 2.00. The van der Waals surface area contributed by atoms with Crippen LogP contribution >= 0.6 is 24.0 Å². The highest BCUT2D eigenvalue weighted by Crippen LogP contribution is 2.28. The molecule has 0 spiro atoms. The molecule has 1 fully saturated rings. The van der Waals surface area contributed by atoms with Gasteiger partial charge in [-0.3, -0.25) is 9.67 Å². The average molecular weight is 421 g/mol. The predicted octanol–water partition coefficient (Wildman–Crippen LogP) is 1.82. The summed E-state index contributed by atoms with van der Waals surface area (Å²) in [6, 6.07) is 1.93. The number of hydrogen-bond acceptors (Lipinski definition) is 3. The van der Waals surface area contributed by atoms with Crippen LogP contribution < -0.4 is 5.32 Å². The summed E-state index contributed by atoms with van der Waals surface area (Å²) in [5, 5.41) is 7.50. The van der Waals surface area contributed by atoms with Gasteiger partial charge in [0.2, 0.25) is 0 Å². The molecule has 2 rings (SSSR count). The maximum atomic E-state index is 5.68. The summed E-state index contributed by atoms with van der Waals surface area (Å²) >= 11 is 0. The topological polar surface area (TPSA) is 54.7 Å². The maximum Gasteiger partial charge on any atom is 0.193 e. The van der Waals surface area contributed by atoms with Crippen molar-refractivity contribution in [1.82, 2.24) is 20.0 Å². The van der Waals surface area contributed by atoms with Crippen LogP contribution in [0.2, 0.25) is 0 Å². The van der Waals surface area contributed by atoms with Crippen LogP contribution in [0.1, 0.15) is 19.8 Å². The number of aromatic nitrogens is 2. The molecule has 1 aromatic heterocycles. The second kappa shape index (κ2) is 10.8. The molecule has 126 valence electrons. The van der Waals surface area contributed by atoms with E-state index in [1.807, 2.05) is 16.9 Å². The molecule has 1 heterocycles. The van der Waals surface area contributed by atoms with Gasteiger partial charge < -0.3 is 15.0 Å². The molecule has 22 heavy (non-hydrogen) atoms. The van der Waals surface area contributed by atoms with Gasteiger partial charge in [-0.05, 0) is 31.7 Å². The Morgan fingerprint density at radius 3 is 2.95 bits per heavy atom. The second-order valence-electron chi connectivity index (χ2n) is 5.44. The normalized spacial score (nSPS) is 14.5. The third kappa shape index (κ3) is 7.44. The average Bonchev–Trinajstić information content (AvgIpc) is 3.17. The van der Waals surface area contributed by atoms with Crippen LogP contribution in [0.3, 0.4) is 0 Å². The zero-order valence-electron chi connectivity index (χ0n) is 13.6. The molecule has 1 aliphatic carbocycles. The zero-order chi connectivity index (χ0) is 14.9. The van der Waals surface area contributed by atoms with E-state index >= 15 is 0 Å². The molecule has 0 saturated heterocycles. The molecule has 1 aliphatic rings. The highest BCUT2D eigenvalue weighted by Gasteiger charge is 2.21. The molecule has 6 nitrogen and oxygen atoms in total. The van der Waals surface area contributed by atoms with E-state index in [4.69, 9.17) is 4.74 Å². The van der Waals surface area contributed by atoms with Gasteiger partial charge in [0.25, 0.3) is 0 Å². The third-order valence-electron chi connectivity index (χ3n) is 3.47. The van der Waals surface area contributed by atoms with Crippen molar-refractivity contribution in [3.63, 3.8) is 0 Å². The number of nitrogens with one attached hydrogen (secondary N) is 1. The van der Waals surface area contributed by atoms with Gasteiger partial charge in [-0.25, -0.2) is 0 Å². The standard InChI is InChI=1S/C15H27N5O.HI/c1-3-16-15(17-8-10-20-9-4-7-18-20)19(2)11-12-21-13-14-5-6-14;/h4,7,9,14H,3,5-6,8,10-13H2,1-2H3,(H,16,17);1H. The lowest BCUT2D eigenvalue weighted by Gasteiger charge is -2.22. The van der Waals surface area contributed by atoms with Crippen LogP contribution in [0.4, 0.5) is 0 Å². The number of halogens is 1. The maximum absolute atomic E-state index is 5.68. The molecule has 7 heteroatoms. The van der Waals surface area contributed by atoms with Crippen molar-refractivity contribution in [1.29, 1.82) is 0 Å². The predicted molar refractivity (Wildman–Crippen MR) is 99.8 cm³/mol. The second-order valence-corrected chi connectivity index (χ2v) is 5.44. The molecule has 1 aromatic rings. The fourth-order valence-electron chi connectivity index (χ4n) is 2.00. The van der Waals surface area contributed by atoms with Crippen LogP contribution in [-0.2, 0) is 11.3 Å². The summed E-state index contributed by atoms with van der Waals surface area (Å²) in [6.07, 6.45) is 6.43. The van der Waals surface area contributed by atoms with Crippen LogP contribution in [0.15, 0.2) is 23.5 Å². The summed E-state index contributed by atoms with van der Waals surface area (Å²) in [6.45, 7) is 7.01. The van der Waals surface area contributed by atoms with Crippen molar-refractivity contribution in [3.8, 4) is 0 Å². The Morgan fingerprint density at radius 2 is 2.32 bits per heavy atom. The van der Waals surface area contributed by atoms with Gasteiger partial charge >= 0.3 is 0 Å². The van der Waals surface area contributed by atoms with E-state index < -0.39 is 0 Å². The highest BCUT2D eigenvalue weighted by molar-refractivity contribution is 14.0. The Bertz CT molecular complexity index is 420. The minimum atomic E-state index is 0. The summed E-state index contributed by atoms with van der Waals surface area (Å²) < 4.78 is 7.58. The van der Waals surface area contributed by atoms with E-state index in [2.05, 4.69) is 34.3 Å². The van der Waals surface area contributed by atoms with Crippen molar-refractivity contribution >= 4 is 29.9 Å². The van der Waals surface area contributed by atoms with Gasteiger partial charge in [0, 0.05) is 39.1 Å². The first kappa shape index (κ1) is 19.2. The van der Waals surface area contributed by atoms with Crippen LogP contribution in [0.25, 0.3) is 0 Å². The smallest absolute Gasteiger partial charge is 0.193 e. The lowest BCUT2D eigenvalue weighted by atomic mass is 10.5. The Morgan fingerprint density at radius 1 is 1.50 bits per heavy atom. The molecular weight excluding hydrogens is 393 g/mol. The number of guanidine groups is 1. The summed E-state index contributed by atoms with van der Waals surface area (Å²) in [4.78, 5) is 6.75. The Hall–Kier alpha value is -0.830. The summed E-state index contributed by atoms with van der Waals surface area (Å²) in [7, 11) is 2.05. The van der Waals surface area contributed by atoms with Crippen LogP contribution in [-0.4, -0.2) is 60.5 Å². The van der Waals surface area contributed by atoms with E-state index in [1.165, 1.54) is 12.8 Å². The Labute approximate surface area is 150 Å². The monoisotopic (exact) mass is 421 g/mol. The first-order valence-electron chi connectivity index (χ1n) is 7.84. The molecule has 0 aliphatic heterocycles. The van der Waals surface area contributed by atoms with E-state index in [1.54, 1.807) is 6.20 Å². The molecule has 0 radical (unpaired) electrons. The van der Waals surface area contributed by atoms with Gasteiger partial charge in [0.05, 0.1) is 19.7 Å². The third-order valence-corrected chi connectivity index (χ3v) is 3.47. The van der Waals surface area contributed by atoms with Gasteiger partial charge in [-0.1, -0.05) is 0 Å².